The number of aliphatic hydroxyl groups excluding tert-OH is 1. The van der Waals surface area contributed by atoms with Crippen molar-refractivity contribution in [3.05, 3.63) is 0 Å². The minimum Gasteiger partial charge on any atom is -0.393 e. The summed E-state index contributed by atoms with van der Waals surface area (Å²) in [5, 5.41) is 9.17. The van der Waals surface area contributed by atoms with E-state index >= 15 is 0 Å². The lowest BCUT2D eigenvalue weighted by Gasteiger charge is -2.32. The first-order valence-corrected chi connectivity index (χ1v) is 6.24. The van der Waals surface area contributed by atoms with E-state index in [9.17, 15) is 5.11 Å². The molecule has 1 rings (SSSR count). The Bertz CT molecular complexity index is 160. The Kier molecular flexibility index (Phi) is 6.22. The van der Waals surface area contributed by atoms with E-state index in [1.54, 1.807) is 0 Å². The second-order valence-corrected chi connectivity index (χ2v) is 4.51. The highest BCUT2D eigenvalue weighted by Gasteiger charge is 2.19. The van der Waals surface area contributed by atoms with Crippen molar-refractivity contribution in [3.63, 3.8) is 0 Å². The fraction of sp³-hybridized carbons (Fsp3) is 1.00. The average molecular weight is 215 g/mol. The van der Waals surface area contributed by atoms with Gasteiger partial charge < -0.3 is 14.7 Å². The molecule has 0 aliphatic carbocycles. The third kappa shape index (κ3) is 5.50. The molecule has 1 heterocycles. The van der Waals surface area contributed by atoms with Gasteiger partial charge in [-0.3, -0.25) is 0 Å². The highest BCUT2D eigenvalue weighted by molar-refractivity contribution is 4.73. The van der Waals surface area contributed by atoms with Gasteiger partial charge in [0.05, 0.1) is 12.2 Å². The number of likely N-dealkylation sites (tertiary alicyclic amines) is 1. The fourth-order valence-corrected chi connectivity index (χ4v) is 2.20. The van der Waals surface area contributed by atoms with Crippen LogP contribution in [0.15, 0.2) is 0 Å². The molecule has 1 N–H and O–H groups in total. The van der Waals surface area contributed by atoms with Crippen molar-refractivity contribution in [1.82, 2.24) is 4.90 Å². The van der Waals surface area contributed by atoms with E-state index in [-0.39, 0.29) is 6.10 Å². The Labute approximate surface area is 93.4 Å². The van der Waals surface area contributed by atoms with Gasteiger partial charge in [-0.25, -0.2) is 0 Å². The summed E-state index contributed by atoms with van der Waals surface area (Å²) in [5.41, 5.74) is 0. The van der Waals surface area contributed by atoms with Crippen molar-refractivity contribution < 1.29 is 9.84 Å². The first-order chi connectivity index (χ1) is 7.22. The monoisotopic (exact) mass is 215 g/mol. The van der Waals surface area contributed by atoms with Gasteiger partial charge in [0, 0.05) is 13.2 Å². The Morgan fingerprint density at radius 1 is 1.53 bits per heavy atom. The molecule has 1 aliphatic rings. The number of hydrogen-bond donors (Lipinski definition) is 1. The number of hydrogen-bond acceptors (Lipinski definition) is 3. The lowest BCUT2D eigenvalue weighted by molar-refractivity contribution is 0.00491. The lowest BCUT2D eigenvalue weighted by atomic mass is 10.1. The molecule has 90 valence electrons. The number of rotatable bonds is 6. The molecule has 2 atom stereocenters. The zero-order chi connectivity index (χ0) is 11.1. The molecule has 1 aliphatic heterocycles. The molecule has 0 bridgehead atoms. The van der Waals surface area contributed by atoms with E-state index in [4.69, 9.17) is 4.74 Å². The SMILES string of the molecule is CCOC1CCCN(CCCC(C)O)C1. The van der Waals surface area contributed by atoms with Gasteiger partial charge >= 0.3 is 0 Å². The molecule has 1 fully saturated rings. The summed E-state index contributed by atoms with van der Waals surface area (Å²) in [6, 6.07) is 0. The van der Waals surface area contributed by atoms with E-state index < -0.39 is 0 Å². The number of aliphatic hydroxyl groups is 1. The summed E-state index contributed by atoms with van der Waals surface area (Å²) >= 11 is 0. The van der Waals surface area contributed by atoms with E-state index in [0.717, 1.165) is 32.5 Å². The minimum atomic E-state index is -0.155. The van der Waals surface area contributed by atoms with Gasteiger partial charge in [0.2, 0.25) is 0 Å². The molecule has 0 amide bonds. The first-order valence-electron chi connectivity index (χ1n) is 6.24. The maximum atomic E-state index is 9.17. The summed E-state index contributed by atoms with van der Waals surface area (Å²) in [6.07, 6.45) is 4.75. The second kappa shape index (κ2) is 7.20. The van der Waals surface area contributed by atoms with E-state index in [1.165, 1.54) is 19.4 Å². The molecule has 3 nitrogen and oxygen atoms in total. The summed E-state index contributed by atoms with van der Waals surface area (Å²) < 4.78 is 5.65. The third-order valence-electron chi connectivity index (χ3n) is 2.96. The van der Waals surface area contributed by atoms with Crippen LogP contribution in [0.5, 0.6) is 0 Å². The predicted octanol–water partition coefficient (Wildman–Crippen LogP) is 1.65. The van der Waals surface area contributed by atoms with Crippen molar-refractivity contribution in [2.24, 2.45) is 0 Å². The Balaban J connectivity index is 2.12. The molecule has 2 unspecified atom stereocenters. The topological polar surface area (TPSA) is 32.7 Å². The van der Waals surface area contributed by atoms with Crippen LogP contribution in [0.2, 0.25) is 0 Å². The van der Waals surface area contributed by atoms with Crippen LogP contribution in [0, 0.1) is 0 Å². The van der Waals surface area contributed by atoms with Crippen molar-refractivity contribution in [2.45, 2.75) is 51.7 Å². The summed E-state index contributed by atoms with van der Waals surface area (Å²) in [4.78, 5) is 2.46. The summed E-state index contributed by atoms with van der Waals surface area (Å²) in [6.45, 7) is 8.13. The van der Waals surface area contributed by atoms with Gasteiger partial charge in [0.15, 0.2) is 0 Å². The minimum absolute atomic E-state index is 0.155. The van der Waals surface area contributed by atoms with Gasteiger partial charge in [-0.15, -0.1) is 0 Å². The molecular weight excluding hydrogens is 190 g/mol. The highest BCUT2D eigenvalue weighted by atomic mass is 16.5. The molecule has 0 radical (unpaired) electrons. The van der Waals surface area contributed by atoms with Crippen LogP contribution in [-0.4, -0.2) is 48.5 Å². The van der Waals surface area contributed by atoms with Gasteiger partial charge in [-0.2, -0.15) is 0 Å². The predicted molar refractivity (Wildman–Crippen MR) is 62.0 cm³/mol. The van der Waals surface area contributed by atoms with Crippen LogP contribution in [-0.2, 0) is 4.74 Å². The summed E-state index contributed by atoms with van der Waals surface area (Å²) in [7, 11) is 0. The quantitative estimate of drug-likeness (QED) is 0.731. The number of ether oxygens (including phenoxy) is 1. The van der Waals surface area contributed by atoms with Crippen LogP contribution in [0.1, 0.15) is 39.5 Å². The first kappa shape index (κ1) is 12.9. The van der Waals surface area contributed by atoms with Crippen molar-refractivity contribution in [2.75, 3.05) is 26.2 Å². The van der Waals surface area contributed by atoms with Crippen molar-refractivity contribution in [1.29, 1.82) is 0 Å². The molecule has 15 heavy (non-hydrogen) atoms. The molecule has 0 saturated carbocycles. The second-order valence-electron chi connectivity index (χ2n) is 4.51. The van der Waals surface area contributed by atoms with E-state index in [1.807, 2.05) is 6.92 Å². The normalized spacial score (nSPS) is 25.4. The van der Waals surface area contributed by atoms with Crippen LogP contribution < -0.4 is 0 Å². The third-order valence-corrected chi connectivity index (χ3v) is 2.96. The van der Waals surface area contributed by atoms with Crippen LogP contribution >= 0.6 is 0 Å². The zero-order valence-electron chi connectivity index (χ0n) is 10.1. The standard InChI is InChI=1S/C12H25NO2/c1-3-15-12-7-5-9-13(10-12)8-4-6-11(2)14/h11-12,14H,3-10H2,1-2H3. The Morgan fingerprint density at radius 2 is 2.33 bits per heavy atom. The molecule has 0 spiro atoms. The fourth-order valence-electron chi connectivity index (χ4n) is 2.20. The van der Waals surface area contributed by atoms with E-state index in [2.05, 4.69) is 11.8 Å². The summed E-state index contributed by atoms with van der Waals surface area (Å²) in [5.74, 6) is 0. The molecular formula is C12H25NO2. The molecule has 0 aromatic rings. The van der Waals surface area contributed by atoms with Gasteiger partial charge in [0.1, 0.15) is 0 Å². The molecule has 0 aromatic carbocycles. The van der Waals surface area contributed by atoms with Crippen LogP contribution in [0.3, 0.4) is 0 Å². The maximum Gasteiger partial charge on any atom is 0.0702 e. The average Bonchev–Trinajstić information content (AvgIpc) is 2.18. The Hall–Kier alpha value is -0.120. The maximum absolute atomic E-state index is 9.17. The van der Waals surface area contributed by atoms with Crippen LogP contribution in [0.4, 0.5) is 0 Å². The van der Waals surface area contributed by atoms with E-state index in [0.29, 0.717) is 6.10 Å². The Morgan fingerprint density at radius 3 is 3.00 bits per heavy atom. The van der Waals surface area contributed by atoms with Gasteiger partial charge in [-0.05, 0) is 52.6 Å². The molecule has 0 aromatic heterocycles. The number of piperidine rings is 1. The lowest BCUT2D eigenvalue weighted by Crippen LogP contribution is -2.40. The van der Waals surface area contributed by atoms with Gasteiger partial charge in [-0.1, -0.05) is 0 Å². The van der Waals surface area contributed by atoms with Crippen molar-refractivity contribution in [3.8, 4) is 0 Å². The largest absolute Gasteiger partial charge is 0.393 e. The molecule has 1 saturated heterocycles. The zero-order valence-corrected chi connectivity index (χ0v) is 10.1. The van der Waals surface area contributed by atoms with Crippen molar-refractivity contribution >= 4 is 0 Å². The highest BCUT2D eigenvalue weighted by Crippen LogP contribution is 2.13. The molecule has 3 heteroatoms. The van der Waals surface area contributed by atoms with Gasteiger partial charge in [0.25, 0.3) is 0 Å². The van der Waals surface area contributed by atoms with Crippen LogP contribution in [0.25, 0.3) is 0 Å². The number of nitrogens with zero attached hydrogens (tertiary/aromatic N) is 1. The smallest absolute Gasteiger partial charge is 0.0702 e.